The van der Waals surface area contributed by atoms with E-state index < -0.39 is 0 Å². The van der Waals surface area contributed by atoms with Gasteiger partial charge in [0.2, 0.25) is 0 Å². The van der Waals surface area contributed by atoms with E-state index in [0.717, 1.165) is 13.1 Å². The Labute approximate surface area is 137 Å². The second-order valence-corrected chi connectivity index (χ2v) is 6.11. The highest BCUT2D eigenvalue weighted by Crippen LogP contribution is 2.25. The first-order chi connectivity index (χ1) is 11.1. The first-order valence-electron chi connectivity index (χ1n) is 8.09. The second-order valence-electron chi connectivity index (χ2n) is 6.11. The SMILES string of the molecule is CN(Cc1ccccc1N1CCCC1)C(=O)c1cccc(N)c1. The van der Waals surface area contributed by atoms with Gasteiger partial charge in [-0.15, -0.1) is 0 Å². The number of hydrogen-bond donors (Lipinski definition) is 1. The van der Waals surface area contributed by atoms with Crippen molar-refractivity contribution in [1.29, 1.82) is 0 Å². The molecule has 2 aromatic carbocycles. The molecule has 2 aromatic rings. The van der Waals surface area contributed by atoms with Gasteiger partial charge in [0.05, 0.1) is 0 Å². The molecule has 1 fully saturated rings. The standard InChI is InChI=1S/C19H23N3O/c1-21(19(23)15-8-6-9-17(20)13-15)14-16-7-2-3-10-18(16)22-11-4-5-12-22/h2-3,6-10,13H,4-5,11-12,14,20H2,1H3. The number of carbonyl (C=O) groups is 1. The summed E-state index contributed by atoms with van der Waals surface area (Å²) in [4.78, 5) is 16.8. The highest BCUT2D eigenvalue weighted by molar-refractivity contribution is 5.94. The Bertz CT molecular complexity index is 693. The summed E-state index contributed by atoms with van der Waals surface area (Å²) >= 11 is 0. The lowest BCUT2D eigenvalue weighted by molar-refractivity contribution is 0.0785. The third-order valence-electron chi connectivity index (χ3n) is 4.33. The average molecular weight is 309 g/mol. The summed E-state index contributed by atoms with van der Waals surface area (Å²) in [5.41, 5.74) is 9.46. The molecule has 4 heteroatoms. The van der Waals surface area contributed by atoms with Gasteiger partial charge in [0, 0.05) is 43.6 Å². The van der Waals surface area contributed by atoms with Gasteiger partial charge in [-0.3, -0.25) is 4.79 Å². The van der Waals surface area contributed by atoms with Crippen molar-refractivity contribution in [3.05, 3.63) is 59.7 Å². The lowest BCUT2D eigenvalue weighted by Crippen LogP contribution is -2.28. The normalized spacial score (nSPS) is 14.0. The van der Waals surface area contributed by atoms with Crippen molar-refractivity contribution >= 4 is 17.3 Å². The summed E-state index contributed by atoms with van der Waals surface area (Å²) < 4.78 is 0. The third kappa shape index (κ3) is 3.47. The minimum atomic E-state index is -0.00600. The predicted octanol–water partition coefficient (Wildman–Crippen LogP) is 3.14. The number of anilines is 2. The van der Waals surface area contributed by atoms with Crippen LogP contribution in [0.3, 0.4) is 0 Å². The van der Waals surface area contributed by atoms with Crippen molar-refractivity contribution in [3.63, 3.8) is 0 Å². The molecule has 0 aromatic heterocycles. The van der Waals surface area contributed by atoms with E-state index in [4.69, 9.17) is 5.73 Å². The van der Waals surface area contributed by atoms with Crippen LogP contribution in [-0.2, 0) is 6.54 Å². The van der Waals surface area contributed by atoms with E-state index in [0.29, 0.717) is 17.8 Å². The van der Waals surface area contributed by atoms with E-state index >= 15 is 0 Å². The van der Waals surface area contributed by atoms with Crippen molar-refractivity contribution < 1.29 is 4.79 Å². The molecule has 0 radical (unpaired) electrons. The first kappa shape index (κ1) is 15.4. The van der Waals surface area contributed by atoms with Gasteiger partial charge in [-0.05, 0) is 42.7 Å². The number of nitrogen functional groups attached to an aromatic ring is 1. The van der Waals surface area contributed by atoms with Gasteiger partial charge in [0.15, 0.2) is 0 Å². The van der Waals surface area contributed by atoms with Gasteiger partial charge in [-0.25, -0.2) is 0 Å². The molecule has 120 valence electrons. The van der Waals surface area contributed by atoms with Crippen molar-refractivity contribution in [1.82, 2.24) is 4.90 Å². The second kappa shape index (κ2) is 6.73. The molecule has 0 unspecified atom stereocenters. The maximum absolute atomic E-state index is 12.6. The van der Waals surface area contributed by atoms with Crippen molar-refractivity contribution in [3.8, 4) is 0 Å². The molecular weight excluding hydrogens is 286 g/mol. The van der Waals surface area contributed by atoms with E-state index in [-0.39, 0.29) is 5.91 Å². The Morgan fingerprint density at radius 1 is 1.13 bits per heavy atom. The number of benzene rings is 2. The molecule has 0 atom stereocenters. The Morgan fingerprint density at radius 3 is 2.61 bits per heavy atom. The fourth-order valence-corrected chi connectivity index (χ4v) is 3.13. The van der Waals surface area contributed by atoms with Gasteiger partial charge in [0.1, 0.15) is 0 Å². The molecule has 0 saturated carbocycles. The molecule has 1 amide bonds. The Morgan fingerprint density at radius 2 is 1.87 bits per heavy atom. The number of para-hydroxylation sites is 1. The average Bonchev–Trinajstić information content (AvgIpc) is 3.09. The fraction of sp³-hybridized carbons (Fsp3) is 0.316. The van der Waals surface area contributed by atoms with Gasteiger partial charge >= 0.3 is 0 Å². The van der Waals surface area contributed by atoms with E-state index in [1.807, 2.05) is 25.2 Å². The van der Waals surface area contributed by atoms with E-state index in [2.05, 4.69) is 23.1 Å². The summed E-state index contributed by atoms with van der Waals surface area (Å²) in [5.74, 6) is -0.00600. The molecule has 1 aliphatic rings. The molecule has 23 heavy (non-hydrogen) atoms. The van der Waals surface area contributed by atoms with Crippen LogP contribution in [0.4, 0.5) is 11.4 Å². The number of amides is 1. The lowest BCUT2D eigenvalue weighted by Gasteiger charge is -2.24. The summed E-state index contributed by atoms with van der Waals surface area (Å²) in [6.07, 6.45) is 2.48. The molecule has 1 saturated heterocycles. The largest absolute Gasteiger partial charge is 0.399 e. The van der Waals surface area contributed by atoms with Crippen LogP contribution in [0.15, 0.2) is 48.5 Å². The van der Waals surface area contributed by atoms with Crippen molar-refractivity contribution in [2.24, 2.45) is 0 Å². The number of nitrogens with two attached hydrogens (primary N) is 1. The van der Waals surface area contributed by atoms with E-state index in [1.165, 1.54) is 24.1 Å². The number of rotatable bonds is 4. The topological polar surface area (TPSA) is 49.6 Å². The molecule has 0 spiro atoms. The first-order valence-corrected chi connectivity index (χ1v) is 8.09. The molecule has 0 bridgehead atoms. The molecular formula is C19H23N3O. The van der Waals surface area contributed by atoms with E-state index in [1.54, 1.807) is 17.0 Å². The maximum Gasteiger partial charge on any atom is 0.253 e. The van der Waals surface area contributed by atoms with Crippen LogP contribution in [0.1, 0.15) is 28.8 Å². The van der Waals surface area contributed by atoms with Crippen LogP contribution in [-0.4, -0.2) is 30.9 Å². The Balaban J connectivity index is 1.77. The molecule has 1 heterocycles. The number of hydrogen-bond acceptors (Lipinski definition) is 3. The lowest BCUT2D eigenvalue weighted by atomic mass is 10.1. The predicted molar refractivity (Wildman–Crippen MR) is 94.5 cm³/mol. The highest BCUT2D eigenvalue weighted by atomic mass is 16.2. The zero-order valence-corrected chi connectivity index (χ0v) is 13.5. The minimum Gasteiger partial charge on any atom is -0.399 e. The van der Waals surface area contributed by atoms with Crippen LogP contribution in [0.5, 0.6) is 0 Å². The molecule has 4 nitrogen and oxygen atoms in total. The van der Waals surface area contributed by atoms with Gasteiger partial charge in [-0.2, -0.15) is 0 Å². The zero-order valence-electron chi connectivity index (χ0n) is 13.5. The summed E-state index contributed by atoms with van der Waals surface area (Å²) in [5, 5.41) is 0. The van der Waals surface area contributed by atoms with Crippen molar-refractivity contribution in [2.75, 3.05) is 30.8 Å². The Kier molecular flexibility index (Phi) is 4.51. The van der Waals surface area contributed by atoms with Crippen LogP contribution < -0.4 is 10.6 Å². The van der Waals surface area contributed by atoms with Crippen LogP contribution >= 0.6 is 0 Å². The van der Waals surface area contributed by atoms with Crippen molar-refractivity contribution in [2.45, 2.75) is 19.4 Å². The summed E-state index contributed by atoms with van der Waals surface area (Å²) in [6.45, 7) is 2.80. The van der Waals surface area contributed by atoms with Crippen LogP contribution in [0.25, 0.3) is 0 Å². The fourth-order valence-electron chi connectivity index (χ4n) is 3.13. The third-order valence-corrected chi connectivity index (χ3v) is 4.33. The highest BCUT2D eigenvalue weighted by Gasteiger charge is 2.18. The van der Waals surface area contributed by atoms with Gasteiger partial charge < -0.3 is 15.5 Å². The van der Waals surface area contributed by atoms with Gasteiger partial charge in [-0.1, -0.05) is 24.3 Å². The smallest absolute Gasteiger partial charge is 0.253 e. The van der Waals surface area contributed by atoms with Crippen LogP contribution in [0.2, 0.25) is 0 Å². The monoisotopic (exact) mass is 309 g/mol. The van der Waals surface area contributed by atoms with Crippen LogP contribution in [0, 0.1) is 0 Å². The summed E-state index contributed by atoms with van der Waals surface area (Å²) in [6, 6.07) is 15.5. The quantitative estimate of drug-likeness (QED) is 0.883. The molecule has 3 rings (SSSR count). The molecule has 1 aliphatic heterocycles. The number of nitrogens with zero attached hydrogens (tertiary/aromatic N) is 2. The van der Waals surface area contributed by atoms with Gasteiger partial charge in [0.25, 0.3) is 5.91 Å². The zero-order chi connectivity index (χ0) is 16.2. The summed E-state index contributed by atoms with van der Waals surface area (Å²) in [7, 11) is 1.84. The molecule has 0 aliphatic carbocycles. The maximum atomic E-state index is 12.6. The van der Waals surface area contributed by atoms with E-state index in [9.17, 15) is 4.79 Å². The number of carbonyl (C=O) groups excluding carboxylic acids is 1. The molecule has 2 N–H and O–H groups in total. The Hall–Kier alpha value is -2.49. The minimum absolute atomic E-state index is 0.00600.